The molecule has 0 spiro atoms. The lowest BCUT2D eigenvalue weighted by molar-refractivity contribution is -0.127. The van der Waals surface area contributed by atoms with Gasteiger partial charge >= 0.3 is 0 Å². The number of pyridine rings is 1. The van der Waals surface area contributed by atoms with E-state index in [1.807, 2.05) is 24.3 Å². The van der Waals surface area contributed by atoms with Crippen molar-refractivity contribution in [3.05, 3.63) is 59.3 Å². The fourth-order valence-electron chi connectivity index (χ4n) is 5.00. The summed E-state index contributed by atoms with van der Waals surface area (Å²) >= 11 is 0. The van der Waals surface area contributed by atoms with Gasteiger partial charge in [0.05, 0.1) is 29.8 Å². The first-order valence-electron chi connectivity index (χ1n) is 11.5. The van der Waals surface area contributed by atoms with E-state index in [1.165, 1.54) is 0 Å². The molecule has 2 aromatic rings. The third kappa shape index (κ3) is 3.70. The maximum atomic E-state index is 12.4. The van der Waals surface area contributed by atoms with E-state index >= 15 is 0 Å². The molecule has 3 saturated heterocycles. The van der Waals surface area contributed by atoms with Crippen molar-refractivity contribution in [2.24, 2.45) is 11.8 Å². The molecule has 3 fully saturated rings. The molecule has 4 aliphatic rings. The summed E-state index contributed by atoms with van der Waals surface area (Å²) in [5, 5.41) is 7.28. The van der Waals surface area contributed by atoms with E-state index in [2.05, 4.69) is 39.1 Å². The molecule has 0 saturated carbocycles. The van der Waals surface area contributed by atoms with Crippen LogP contribution in [0.5, 0.6) is 5.75 Å². The Labute approximate surface area is 192 Å². The summed E-state index contributed by atoms with van der Waals surface area (Å²) in [4.78, 5) is 19.7. The molecule has 2 unspecified atom stereocenters. The SMILES string of the molecule is COc1ccc2c(N3CC4CCNC(=O)C4C3)cc(C3=C=C=C(OC4CNC4)C=C3)nc2c1. The van der Waals surface area contributed by atoms with E-state index in [-0.39, 0.29) is 17.9 Å². The van der Waals surface area contributed by atoms with Gasteiger partial charge in [0.15, 0.2) is 5.76 Å². The molecule has 2 N–H and O–H groups in total. The smallest absolute Gasteiger partial charge is 0.225 e. The first-order valence-corrected chi connectivity index (χ1v) is 11.5. The summed E-state index contributed by atoms with van der Waals surface area (Å²) in [6.45, 7) is 4.09. The number of carbonyl (C=O) groups is 1. The molecular formula is C26H26N4O3. The minimum atomic E-state index is 0.0426. The van der Waals surface area contributed by atoms with Crippen molar-refractivity contribution in [1.82, 2.24) is 15.6 Å². The average molecular weight is 443 g/mol. The molecule has 1 aromatic carbocycles. The Hall–Kier alpha value is -3.50. The van der Waals surface area contributed by atoms with E-state index < -0.39 is 0 Å². The number of rotatable bonds is 5. The molecule has 33 heavy (non-hydrogen) atoms. The third-order valence-electron chi connectivity index (χ3n) is 6.96. The van der Waals surface area contributed by atoms with Gasteiger partial charge in [0.2, 0.25) is 5.91 Å². The summed E-state index contributed by atoms with van der Waals surface area (Å²) < 4.78 is 11.3. The van der Waals surface area contributed by atoms with Crippen LogP contribution in [0.1, 0.15) is 12.1 Å². The molecule has 1 aliphatic carbocycles. The van der Waals surface area contributed by atoms with Crippen LogP contribution in [-0.2, 0) is 9.53 Å². The summed E-state index contributed by atoms with van der Waals surface area (Å²) in [6.07, 6.45) is 5.13. The molecular weight excluding hydrogens is 416 g/mol. The lowest BCUT2D eigenvalue weighted by atomic mass is 9.89. The van der Waals surface area contributed by atoms with Crippen molar-refractivity contribution >= 4 is 28.1 Å². The Balaban J connectivity index is 1.41. The fourth-order valence-corrected chi connectivity index (χ4v) is 5.00. The average Bonchev–Trinajstić information content (AvgIpc) is 3.26. The Morgan fingerprint density at radius 1 is 1.15 bits per heavy atom. The van der Waals surface area contributed by atoms with Gasteiger partial charge in [-0.25, -0.2) is 4.98 Å². The predicted molar refractivity (Wildman–Crippen MR) is 126 cm³/mol. The number of hydrogen-bond acceptors (Lipinski definition) is 6. The molecule has 0 radical (unpaired) electrons. The van der Waals surface area contributed by atoms with Crippen LogP contribution in [0.15, 0.2) is 53.6 Å². The van der Waals surface area contributed by atoms with Crippen molar-refractivity contribution < 1.29 is 14.3 Å². The Morgan fingerprint density at radius 2 is 2.06 bits per heavy atom. The van der Waals surface area contributed by atoms with Crippen LogP contribution < -0.4 is 20.3 Å². The lowest BCUT2D eigenvalue weighted by Gasteiger charge is -2.27. The van der Waals surface area contributed by atoms with Crippen LogP contribution in [0.3, 0.4) is 0 Å². The Morgan fingerprint density at radius 3 is 2.79 bits per heavy atom. The van der Waals surface area contributed by atoms with E-state index in [1.54, 1.807) is 7.11 Å². The monoisotopic (exact) mass is 442 g/mol. The van der Waals surface area contributed by atoms with E-state index in [0.717, 1.165) is 72.8 Å². The van der Waals surface area contributed by atoms with Gasteiger partial charge in [-0.05, 0) is 48.4 Å². The van der Waals surface area contributed by atoms with Crippen LogP contribution in [0.25, 0.3) is 16.5 Å². The highest BCUT2D eigenvalue weighted by Crippen LogP contribution is 2.38. The van der Waals surface area contributed by atoms with E-state index in [9.17, 15) is 4.79 Å². The van der Waals surface area contributed by atoms with Crippen molar-refractivity contribution in [3.8, 4) is 5.75 Å². The number of nitrogens with zero attached hydrogens (tertiary/aromatic N) is 2. The van der Waals surface area contributed by atoms with Crippen molar-refractivity contribution in [2.75, 3.05) is 44.7 Å². The first-order chi connectivity index (χ1) is 16.2. The molecule has 1 amide bonds. The van der Waals surface area contributed by atoms with Crippen LogP contribution in [0, 0.1) is 11.8 Å². The number of carbonyl (C=O) groups excluding carboxylic acids is 1. The van der Waals surface area contributed by atoms with E-state index in [4.69, 9.17) is 14.5 Å². The molecule has 6 rings (SSSR count). The van der Waals surface area contributed by atoms with Crippen LogP contribution in [0.2, 0.25) is 0 Å². The lowest BCUT2D eigenvalue weighted by Crippen LogP contribution is -2.48. The summed E-state index contributed by atoms with van der Waals surface area (Å²) in [5.41, 5.74) is 9.98. The number of fused-ring (bicyclic) bond motifs is 2. The van der Waals surface area contributed by atoms with E-state index in [0.29, 0.717) is 11.7 Å². The largest absolute Gasteiger partial charge is 0.497 e. The van der Waals surface area contributed by atoms with Crippen LogP contribution in [0.4, 0.5) is 5.69 Å². The number of allylic oxidation sites excluding steroid dienone is 3. The topological polar surface area (TPSA) is 75.7 Å². The van der Waals surface area contributed by atoms with Crippen molar-refractivity contribution in [3.63, 3.8) is 0 Å². The molecule has 4 heterocycles. The number of ether oxygens (including phenoxy) is 2. The Bertz CT molecular complexity index is 1270. The summed E-state index contributed by atoms with van der Waals surface area (Å²) in [7, 11) is 1.66. The molecule has 2 atom stereocenters. The normalized spacial score (nSPS) is 24.2. The second-order valence-electron chi connectivity index (χ2n) is 9.02. The zero-order valence-electron chi connectivity index (χ0n) is 18.6. The molecule has 168 valence electrons. The highest BCUT2D eigenvalue weighted by Gasteiger charge is 2.40. The number of nitrogens with one attached hydrogen (secondary N) is 2. The number of piperidine rings is 1. The standard InChI is InChI=1S/C26H26N4O3/c1-32-19-6-7-21-24(10-19)29-23(16-2-4-18(5-3-16)33-20-12-27-13-20)11-25(21)30-14-17-8-9-28-26(31)22(17)15-30/h2,4,6-7,10-11,17,20,22,27H,8-9,12-15H2,1H3,(H,28,31). The maximum Gasteiger partial charge on any atom is 0.225 e. The number of anilines is 1. The molecule has 7 heteroatoms. The van der Waals surface area contributed by atoms with Gasteiger partial charge in [-0.15, -0.1) is 0 Å². The fraction of sp³-hybridized carbons (Fsp3) is 0.385. The van der Waals surface area contributed by atoms with Gasteiger partial charge in [0.25, 0.3) is 0 Å². The van der Waals surface area contributed by atoms with Crippen LogP contribution in [-0.4, -0.2) is 56.8 Å². The summed E-state index contributed by atoms with van der Waals surface area (Å²) in [5.74, 6) is 2.07. The minimum Gasteiger partial charge on any atom is -0.497 e. The highest BCUT2D eigenvalue weighted by atomic mass is 16.5. The summed E-state index contributed by atoms with van der Waals surface area (Å²) in [6, 6.07) is 8.09. The van der Waals surface area contributed by atoms with Gasteiger partial charge in [-0.3, -0.25) is 4.79 Å². The number of aromatic nitrogens is 1. The Kier molecular flexibility index (Phi) is 4.96. The minimum absolute atomic E-state index is 0.0426. The zero-order valence-corrected chi connectivity index (χ0v) is 18.6. The molecule has 7 nitrogen and oxygen atoms in total. The zero-order chi connectivity index (χ0) is 22.4. The van der Waals surface area contributed by atoms with Gasteiger partial charge in [0, 0.05) is 49.9 Å². The van der Waals surface area contributed by atoms with Gasteiger partial charge in [0.1, 0.15) is 11.9 Å². The van der Waals surface area contributed by atoms with Gasteiger partial charge in [-0.2, -0.15) is 0 Å². The van der Waals surface area contributed by atoms with Gasteiger partial charge < -0.3 is 25.0 Å². The maximum absolute atomic E-state index is 12.4. The van der Waals surface area contributed by atoms with Crippen LogP contribution >= 0.6 is 0 Å². The highest BCUT2D eigenvalue weighted by molar-refractivity contribution is 5.95. The number of hydrogen-bond donors (Lipinski definition) is 2. The predicted octanol–water partition coefficient (Wildman–Crippen LogP) is 2.40. The number of methoxy groups -OCH3 is 1. The molecule has 3 aliphatic heterocycles. The third-order valence-corrected chi connectivity index (χ3v) is 6.96. The second-order valence-corrected chi connectivity index (χ2v) is 9.02. The number of benzene rings is 1. The molecule has 0 bridgehead atoms. The first kappa shape index (κ1) is 20.1. The van der Waals surface area contributed by atoms with Crippen molar-refractivity contribution in [2.45, 2.75) is 12.5 Å². The van der Waals surface area contributed by atoms with Crippen molar-refractivity contribution in [1.29, 1.82) is 0 Å². The number of amides is 1. The molecule has 1 aromatic heterocycles. The van der Waals surface area contributed by atoms with Gasteiger partial charge in [-0.1, -0.05) is 5.73 Å². The second kappa shape index (κ2) is 8.13. The quantitative estimate of drug-likeness (QED) is 0.693.